The van der Waals surface area contributed by atoms with Crippen LogP contribution in [0.15, 0.2) is 30.3 Å². The Hall–Kier alpha value is -4.75. The molecule has 0 saturated carbocycles. The quantitative estimate of drug-likeness (QED) is 0.283. The van der Waals surface area contributed by atoms with Gasteiger partial charge in [-0.3, -0.25) is 9.69 Å². The van der Waals surface area contributed by atoms with E-state index in [0.717, 1.165) is 34.6 Å². The minimum absolute atomic E-state index is 0.164. The van der Waals surface area contributed by atoms with Crippen molar-refractivity contribution in [2.24, 2.45) is 0 Å². The van der Waals surface area contributed by atoms with Crippen molar-refractivity contribution in [1.29, 1.82) is 0 Å². The van der Waals surface area contributed by atoms with Gasteiger partial charge in [0.25, 0.3) is 5.91 Å². The number of amides is 1. The van der Waals surface area contributed by atoms with E-state index in [4.69, 9.17) is 29.0 Å². The van der Waals surface area contributed by atoms with Crippen LogP contribution in [0, 0.1) is 19.7 Å². The third-order valence-electron chi connectivity index (χ3n) is 9.20. The number of carboxylic acid groups (broad SMARTS) is 1. The zero-order valence-corrected chi connectivity index (χ0v) is 28.3. The molecule has 1 saturated heterocycles. The highest BCUT2D eigenvalue weighted by Gasteiger charge is 2.35. The summed E-state index contributed by atoms with van der Waals surface area (Å²) >= 11 is 0. The molecule has 0 aliphatic carbocycles. The Kier molecular flexibility index (Phi) is 8.44. The van der Waals surface area contributed by atoms with Crippen molar-refractivity contribution in [1.82, 2.24) is 24.4 Å². The van der Waals surface area contributed by atoms with E-state index in [-0.39, 0.29) is 29.7 Å². The maximum Gasteiger partial charge on any atom is 0.337 e. The molecule has 12 nitrogen and oxygen atoms in total. The topological polar surface area (TPSA) is 128 Å². The number of carbonyl (C=O) groups excluding carboxylic acids is 1. The van der Waals surface area contributed by atoms with Crippen LogP contribution in [-0.4, -0.2) is 86.6 Å². The second kappa shape index (κ2) is 12.6. The zero-order chi connectivity index (χ0) is 34.6. The lowest BCUT2D eigenvalue weighted by atomic mass is 9.91. The van der Waals surface area contributed by atoms with Gasteiger partial charge in [-0.15, -0.1) is 0 Å². The first-order chi connectivity index (χ1) is 23.4. The summed E-state index contributed by atoms with van der Waals surface area (Å²) in [6, 6.07) is 8.89. The number of aromatic nitrogens is 3. The van der Waals surface area contributed by atoms with Gasteiger partial charge in [0.1, 0.15) is 0 Å². The van der Waals surface area contributed by atoms with E-state index in [0.29, 0.717) is 68.3 Å². The van der Waals surface area contributed by atoms with E-state index in [1.165, 1.54) is 10.6 Å². The van der Waals surface area contributed by atoms with Crippen LogP contribution >= 0.6 is 0 Å². The van der Waals surface area contributed by atoms with Gasteiger partial charge < -0.3 is 29.0 Å². The number of nitrogens with zero attached hydrogens (tertiary/aromatic N) is 5. The fourth-order valence-electron chi connectivity index (χ4n) is 6.87. The largest absolute Gasteiger partial charge is 0.490 e. The Bertz CT molecular complexity index is 1960. The van der Waals surface area contributed by atoms with E-state index in [1.54, 1.807) is 38.7 Å². The number of halogens is 1. The number of carboxylic acids is 1. The van der Waals surface area contributed by atoms with Crippen molar-refractivity contribution in [3.05, 3.63) is 69.8 Å². The summed E-state index contributed by atoms with van der Waals surface area (Å²) in [4.78, 5) is 35.4. The number of fused-ring (bicyclic) bond motifs is 3. The highest BCUT2D eigenvalue weighted by molar-refractivity contribution is 5.94. The number of rotatable bonds is 7. The third-order valence-corrected chi connectivity index (χ3v) is 9.20. The summed E-state index contributed by atoms with van der Waals surface area (Å²) < 4.78 is 39.9. The molecule has 7 rings (SSSR count). The van der Waals surface area contributed by atoms with Crippen molar-refractivity contribution >= 4 is 17.5 Å². The molecule has 1 atom stereocenters. The lowest BCUT2D eigenvalue weighted by Gasteiger charge is -2.34. The van der Waals surface area contributed by atoms with Crippen LogP contribution in [0.4, 0.5) is 4.39 Å². The van der Waals surface area contributed by atoms with Crippen LogP contribution in [0.5, 0.6) is 17.2 Å². The fourth-order valence-corrected chi connectivity index (χ4v) is 6.87. The number of aliphatic carboxylic acids is 1. The predicted molar refractivity (Wildman–Crippen MR) is 177 cm³/mol. The average Bonchev–Trinajstić information content (AvgIpc) is 3.71. The highest BCUT2D eigenvalue weighted by Crippen LogP contribution is 2.42. The average molecular weight is 674 g/mol. The molecule has 1 amide bonds. The molecule has 0 spiro atoms. The normalized spacial score (nSPS) is 16.8. The minimum Gasteiger partial charge on any atom is -0.490 e. The van der Waals surface area contributed by atoms with E-state index in [9.17, 15) is 14.7 Å². The molecule has 1 fully saturated rings. The standard InChI is InChI=1S/C36H40FN5O7/c1-20-23-7-6-14-46-32(23)25(37)16-24(20)31-30(33(35(44)45)49-36(3,4)5)21(2)38-29-17-26(39-42(29)31)34(43)41-12-10-40(11-13-41)18-22-8-9-27-28(15-22)48-19-47-27/h8-9,15-17,33H,6-7,10-14,18-19H2,1-5H3,(H,44,45)/t33-/m0/s1. The van der Waals surface area contributed by atoms with Gasteiger partial charge in [-0.05, 0) is 76.8 Å². The van der Waals surface area contributed by atoms with Crippen molar-refractivity contribution in [2.75, 3.05) is 39.6 Å². The van der Waals surface area contributed by atoms with Gasteiger partial charge in [0.2, 0.25) is 6.79 Å². The van der Waals surface area contributed by atoms with Crippen molar-refractivity contribution in [2.45, 2.75) is 65.7 Å². The summed E-state index contributed by atoms with van der Waals surface area (Å²) in [6.07, 6.45) is -0.106. The summed E-state index contributed by atoms with van der Waals surface area (Å²) in [5, 5.41) is 15.2. The van der Waals surface area contributed by atoms with Crippen LogP contribution in [0.2, 0.25) is 0 Å². The van der Waals surface area contributed by atoms with E-state index < -0.39 is 23.5 Å². The SMILES string of the molecule is Cc1nc2cc(C(=O)N3CCN(Cc4ccc5c(c4)OCO5)CC3)nn2c(-c2cc(F)c3c(c2C)CCCO3)c1[C@H](OC(C)(C)C)C(=O)O. The van der Waals surface area contributed by atoms with Crippen LogP contribution in [0.1, 0.15) is 71.7 Å². The van der Waals surface area contributed by atoms with Crippen LogP contribution in [-0.2, 0) is 22.5 Å². The number of benzene rings is 2. The van der Waals surface area contributed by atoms with Crippen molar-refractivity contribution < 1.29 is 38.0 Å². The third kappa shape index (κ3) is 6.28. The molecular formula is C36H40FN5O7. The fraction of sp³-hybridized carbons (Fsp3) is 0.444. The number of piperazine rings is 1. The maximum absolute atomic E-state index is 15.7. The van der Waals surface area contributed by atoms with Gasteiger partial charge in [-0.1, -0.05) is 6.07 Å². The summed E-state index contributed by atoms with van der Waals surface area (Å²) in [5.41, 5.74) is 3.62. The lowest BCUT2D eigenvalue weighted by Crippen LogP contribution is -2.48. The van der Waals surface area contributed by atoms with E-state index in [2.05, 4.69) is 4.90 Å². The molecule has 0 unspecified atom stereocenters. The van der Waals surface area contributed by atoms with Gasteiger partial charge in [0, 0.05) is 61.2 Å². The van der Waals surface area contributed by atoms with E-state index in [1.807, 2.05) is 25.1 Å². The molecule has 4 aromatic rings. The van der Waals surface area contributed by atoms with Crippen LogP contribution in [0.3, 0.4) is 0 Å². The molecule has 3 aliphatic heterocycles. The van der Waals surface area contributed by atoms with Crippen molar-refractivity contribution in [3.8, 4) is 28.5 Å². The summed E-state index contributed by atoms with van der Waals surface area (Å²) in [5.74, 6) is -0.332. The smallest absolute Gasteiger partial charge is 0.337 e. The summed E-state index contributed by atoms with van der Waals surface area (Å²) in [7, 11) is 0. The molecule has 3 aliphatic rings. The Morgan fingerprint density at radius 3 is 2.53 bits per heavy atom. The first kappa shape index (κ1) is 32.8. The monoisotopic (exact) mass is 673 g/mol. The molecule has 1 N–H and O–H groups in total. The first-order valence-electron chi connectivity index (χ1n) is 16.5. The molecule has 2 aromatic carbocycles. The Morgan fingerprint density at radius 2 is 1.80 bits per heavy atom. The molecule has 0 bridgehead atoms. The molecule has 258 valence electrons. The Morgan fingerprint density at radius 1 is 1.04 bits per heavy atom. The second-order valence-corrected chi connectivity index (χ2v) is 13.8. The Labute approximate surface area is 283 Å². The molecule has 2 aromatic heterocycles. The number of ether oxygens (including phenoxy) is 4. The van der Waals surface area contributed by atoms with Gasteiger partial charge in [0.15, 0.2) is 40.5 Å². The predicted octanol–water partition coefficient (Wildman–Crippen LogP) is 5.10. The molecule has 13 heteroatoms. The van der Waals surface area contributed by atoms with Gasteiger partial charge in [-0.25, -0.2) is 18.7 Å². The van der Waals surface area contributed by atoms with Gasteiger partial charge in [-0.2, -0.15) is 5.10 Å². The highest BCUT2D eigenvalue weighted by atomic mass is 19.1. The molecule has 49 heavy (non-hydrogen) atoms. The zero-order valence-electron chi connectivity index (χ0n) is 28.3. The first-order valence-corrected chi connectivity index (χ1v) is 16.5. The number of aryl methyl sites for hydroxylation is 1. The molecule has 0 radical (unpaired) electrons. The minimum atomic E-state index is -1.44. The Balaban J connectivity index is 1.24. The maximum atomic E-state index is 15.7. The second-order valence-electron chi connectivity index (χ2n) is 13.8. The summed E-state index contributed by atoms with van der Waals surface area (Å²) in [6.45, 7) is 12.6. The molecular weight excluding hydrogens is 633 g/mol. The van der Waals surface area contributed by atoms with E-state index >= 15 is 4.39 Å². The van der Waals surface area contributed by atoms with Crippen LogP contribution < -0.4 is 14.2 Å². The number of carbonyl (C=O) groups is 2. The van der Waals surface area contributed by atoms with Gasteiger partial charge >= 0.3 is 5.97 Å². The molecule has 5 heterocycles. The number of hydrogen-bond acceptors (Lipinski definition) is 9. The lowest BCUT2D eigenvalue weighted by molar-refractivity contribution is -0.160. The van der Waals surface area contributed by atoms with Gasteiger partial charge in [0.05, 0.1) is 17.9 Å². The van der Waals surface area contributed by atoms with Crippen molar-refractivity contribution in [3.63, 3.8) is 0 Å². The van der Waals surface area contributed by atoms with Crippen LogP contribution in [0.25, 0.3) is 16.9 Å². The number of hydrogen-bond donors (Lipinski definition) is 1.